The number of nitrogens with one attached hydrogen (secondary N) is 2. The maximum absolute atomic E-state index is 14.0. The number of carbonyl (C=O) groups is 3. The average Bonchev–Trinajstić information content (AvgIpc) is 3.29. The van der Waals surface area contributed by atoms with Gasteiger partial charge in [0, 0.05) is 70.0 Å². The molecule has 6 rings (SSSR count). The lowest BCUT2D eigenvalue weighted by Crippen LogP contribution is -2.59. The number of nitrogens with zero attached hydrogens (tertiary/aromatic N) is 5. The number of urea groups is 2. The molecule has 0 aliphatic carbocycles. The van der Waals surface area contributed by atoms with Crippen molar-refractivity contribution in [3.63, 3.8) is 0 Å². The smallest absolute Gasteiger partial charge is 0.398 e. The van der Waals surface area contributed by atoms with E-state index in [0.29, 0.717) is 70.2 Å². The van der Waals surface area contributed by atoms with Gasteiger partial charge >= 0.3 is 24.4 Å². The Labute approximate surface area is 304 Å². The number of benzene rings is 2. The molecule has 3 saturated heterocycles. The van der Waals surface area contributed by atoms with E-state index in [-0.39, 0.29) is 25.2 Å². The van der Waals surface area contributed by atoms with E-state index in [1.807, 2.05) is 24.3 Å². The van der Waals surface area contributed by atoms with Gasteiger partial charge in [-0.05, 0) is 81.6 Å². The van der Waals surface area contributed by atoms with E-state index in [4.69, 9.17) is 5.73 Å². The van der Waals surface area contributed by atoms with E-state index in [2.05, 4.69) is 27.5 Å². The summed E-state index contributed by atoms with van der Waals surface area (Å²) in [5.41, 5.74) is 1.94. The molecule has 0 radical (unpaired) electrons. The number of piperidine rings is 2. The first kappa shape index (κ1) is 38.5. The molecule has 0 bridgehead atoms. The Balaban J connectivity index is 1.16. The van der Waals surface area contributed by atoms with Crippen LogP contribution >= 0.6 is 0 Å². The molecule has 53 heavy (non-hydrogen) atoms. The van der Waals surface area contributed by atoms with Crippen LogP contribution in [0.2, 0.25) is 0 Å². The van der Waals surface area contributed by atoms with Crippen molar-refractivity contribution < 1.29 is 40.7 Å². The average molecular weight is 753 g/mol. The molecule has 3 fully saturated rings. The molecule has 17 heteroatoms. The Hall–Kier alpha value is -4.25. The second-order valence-corrected chi connectivity index (χ2v) is 14.5. The highest BCUT2D eigenvalue weighted by Gasteiger charge is 2.42. The molecule has 290 valence electrons. The van der Waals surface area contributed by atoms with Crippen LogP contribution in [0.15, 0.2) is 36.4 Å². The molecule has 2 aromatic rings. The largest absolute Gasteiger partial charge is 0.418 e. The van der Waals surface area contributed by atoms with Crippen molar-refractivity contribution in [2.45, 2.75) is 69.0 Å². The van der Waals surface area contributed by atoms with Crippen LogP contribution in [0, 0.1) is 0 Å². The summed E-state index contributed by atoms with van der Waals surface area (Å²) in [5.74, 6) is -0.587. The second-order valence-electron chi connectivity index (χ2n) is 14.5. The van der Waals surface area contributed by atoms with Crippen LogP contribution in [0.3, 0.4) is 0 Å². The fraction of sp³-hybridized carbons (Fsp3) is 0.583. The minimum atomic E-state index is -5.19. The Kier molecular flexibility index (Phi) is 11.3. The number of amides is 5. The van der Waals surface area contributed by atoms with Gasteiger partial charge in [0.15, 0.2) is 0 Å². The summed E-state index contributed by atoms with van der Waals surface area (Å²) in [5, 5.41) is 5.61. The molecular weight excluding hydrogens is 706 g/mol. The number of nitrogens with two attached hydrogens (primary N) is 1. The number of carbonyl (C=O) groups excluding carboxylic acids is 3. The minimum Gasteiger partial charge on any atom is -0.398 e. The zero-order valence-electron chi connectivity index (χ0n) is 29.6. The van der Waals surface area contributed by atoms with E-state index in [9.17, 15) is 40.7 Å². The van der Waals surface area contributed by atoms with E-state index in [1.165, 1.54) is 9.80 Å². The normalized spacial score (nSPS) is 20.8. The highest BCUT2D eigenvalue weighted by atomic mass is 19.4. The fourth-order valence-electron chi connectivity index (χ4n) is 7.98. The van der Waals surface area contributed by atoms with Crippen molar-refractivity contribution in [3.8, 4) is 0 Å². The zero-order chi connectivity index (χ0) is 38.1. The molecule has 0 saturated carbocycles. The fourth-order valence-corrected chi connectivity index (χ4v) is 7.98. The second kappa shape index (κ2) is 15.6. The molecule has 0 unspecified atom stereocenters. The molecule has 4 heterocycles. The van der Waals surface area contributed by atoms with E-state index < -0.39 is 59.1 Å². The molecule has 0 spiro atoms. The van der Waals surface area contributed by atoms with Gasteiger partial charge in [-0.25, -0.2) is 9.59 Å². The van der Waals surface area contributed by atoms with Crippen molar-refractivity contribution in [3.05, 3.63) is 58.7 Å². The predicted molar refractivity (Wildman–Crippen MR) is 186 cm³/mol. The number of piperazine rings is 1. The summed E-state index contributed by atoms with van der Waals surface area (Å²) in [4.78, 5) is 50.1. The Bertz CT molecular complexity index is 1610. The zero-order valence-corrected chi connectivity index (χ0v) is 29.6. The summed E-state index contributed by atoms with van der Waals surface area (Å²) in [6.07, 6.45) is -7.49. The number of anilines is 2. The van der Waals surface area contributed by atoms with Crippen LogP contribution < -0.4 is 16.4 Å². The number of fused-ring (bicyclic) bond motifs is 1. The van der Waals surface area contributed by atoms with E-state index >= 15 is 0 Å². The van der Waals surface area contributed by atoms with Gasteiger partial charge in [-0.3, -0.25) is 9.69 Å². The molecule has 4 aliphatic heterocycles. The molecule has 4 aliphatic rings. The molecule has 4 N–H and O–H groups in total. The molecule has 0 aromatic heterocycles. The van der Waals surface area contributed by atoms with E-state index in [0.717, 1.165) is 37.2 Å². The highest BCUT2D eigenvalue weighted by molar-refractivity contribution is 5.91. The third kappa shape index (κ3) is 8.94. The quantitative estimate of drug-likeness (QED) is 0.291. The number of alkyl halides is 6. The van der Waals surface area contributed by atoms with Crippen LogP contribution in [0.1, 0.15) is 47.9 Å². The third-order valence-corrected chi connectivity index (χ3v) is 11.1. The molecule has 1 atom stereocenters. The van der Waals surface area contributed by atoms with Crippen molar-refractivity contribution >= 4 is 29.3 Å². The van der Waals surface area contributed by atoms with Gasteiger partial charge in [-0.1, -0.05) is 18.2 Å². The number of rotatable bonds is 6. The summed E-state index contributed by atoms with van der Waals surface area (Å²) in [7, 11) is 2.06. The number of hydrogen-bond donors (Lipinski definition) is 3. The van der Waals surface area contributed by atoms with Crippen molar-refractivity contribution in [1.82, 2.24) is 29.8 Å². The van der Waals surface area contributed by atoms with Crippen LogP contribution in [-0.2, 0) is 30.0 Å². The number of para-hydroxylation sites is 1. The standard InChI is InChI=1S/C36H46F6N8O3/c1-46-11-7-25(8-12-46)47-16-18-48(19-17-47)32(51)30(22-23-20-27(35(37,38)39)31(43)28(21-23)36(40,41)42)45-33(52)49-13-9-26(10-14-49)50-15-6-24-4-2-3-5-29(24)44-34(50)53/h2-5,20-21,25-26,30H,6-19,22,43H2,1H3,(H,44,53)(H,45,52)/t30-/m1/s1. The summed E-state index contributed by atoms with van der Waals surface area (Å²) >= 11 is 0. The van der Waals surface area contributed by atoms with Crippen molar-refractivity contribution in [2.24, 2.45) is 0 Å². The molecule has 2 aromatic carbocycles. The van der Waals surface area contributed by atoms with Gasteiger partial charge in [-0.2, -0.15) is 26.3 Å². The number of hydrogen-bond acceptors (Lipinski definition) is 6. The monoisotopic (exact) mass is 752 g/mol. The highest BCUT2D eigenvalue weighted by Crippen LogP contribution is 2.42. The topological polar surface area (TPSA) is 117 Å². The van der Waals surface area contributed by atoms with Crippen LogP contribution in [-0.4, -0.2) is 127 Å². The van der Waals surface area contributed by atoms with Gasteiger partial charge in [0.05, 0.1) is 16.8 Å². The number of halogens is 6. The van der Waals surface area contributed by atoms with Gasteiger partial charge in [0.2, 0.25) is 5.91 Å². The van der Waals surface area contributed by atoms with Gasteiger partial charge in [-0.15, -0.1) is 0 Å². The molecule has 5 amide bonds. The van der Waals surface area contributed by atoms with Crippen molar-refractivity contribution in [1.29, 1.82) is 0 Å². The number of likely N-dealkylation sites (tertiary alicyclic amines) is 2. The molecular formula is C36H46F6N8O3. The summed E-state index contributed by atoms with van der Waals surface area (Å²) in [6, 6.07) is 6.43. The van der Waals surface area contributed by atoms with Crippen LogP contribution in [0.25, 0.3) is 0 Å². The lowest BCUT2D eigenvalue weighted by Gasteiger charge is -2.43. The first-order chi connectivity index (χ1) is 25.1. The van der Waals surface area contributed by atoms with E-state index in [1.54, 1.807) is 4.90 Å². The maximum atomic E-state index is 14.0. The first-order valence-electron chi connectivity index (χ1n) is 18.1. The SMILES string of the molecule is CN1CCC(N2CCN(C(=O)[C@@H](Cc3cc(C(F)(F)F)c(N)c(C(F)(F)F)c3)NC(=O)N3CCC(N4CCc5ccccc5NC4=O)CC3)CC2)CC1. The van der Waals surface area contributed by atoms with Crippen molar-refractivity contribution in [2.75, 3.05) is 77.0 Å². The van der Waals surface area contributed by atoms with Crippen LogP contribution in [0.4, 0.5) is 47.3 Å². The lowest BCUT2D eigenvalue weighted by molar-refractivity contribution is -0.141. The lowest BCUT2D eigenvalue weighted by atomic mass is 9.96. The predicted octanol–water partition coefficient (Wildman–Crippen LogP) is 4.72. The Morgan fingerprint density at radius 2 is 1.42 bits per heavy atom. The summed E-state index contributed by atoms with van der Waals surface area (Å²) < 4.78 is 83.4. The number of nitrogen functional groups attached to an aromatic ring is 1. The maximum Gasteiger partial charge on any atom is 0.418 e. The van der Waals surface area contributed by atoms with Gasteiger partial charge < -0.3 is 36.0 Å². The van der Waals surface area contributed by atoms with Crippen LogP contribution in [0.5, 0.6) is 0 Å². The van der Waals surface area contributed by atoms with Gasteiger partial charge in [0.1, 0.15) is 6.04 Å². The molecule has 11 nitrogen and oxygen atoms in total. The Morgan fingerprint density at radius 1 is 0.830 bits per heavy atom. The summed E-state index contributed by atoms with van der Waals surface area (Å²) in [6.45, 7) is 4.56. The first-order valence-corrected chi connectivity index (χ1v) is 18.1. The third-order valence-electron chi connectivity index (χ3n) is 11.1. The van der Waals surface area contributed by atoms with Gasteiger partial charge in [0.25, 0.3) is 0 Å². The Morgan fingerprint density at radius 3 is 2.02 bits per heavy atom. The minimum absolute atomic E-state index is 0.164.